The van der Waals surface area contributed by atoms with Gasteiger partial charge in [0.1, 0.15) is 5.75 Å². The summed E-state index contributed by atoms with van der Waals surface area (Å²) in [5.41, 5.74) is 1.57. The van der Waals surface area contributed by atoms with Gasteiger partial charge in [0.25, 0.3) is 0 Å². The molecule has 0 radical (unpaired) electrons. The quantitative estimate of drug-likeness (QED) is 0.799. The third kappa shape index (κ3) is 2.13. The van der Waals surface area contributed by atoms with E-state index in [0.717, 1.165) is 5.56 Å². The number of anilines is 1. The van der Waals surface area contributed by atoms with E-state index in [0.29, 0.717) is 24.3 Å². The van der Waals surface area contributed by atoms with Crippen LogP contribution in [0.15, 0.2) is 18.2 Å². The Morgan fingerprint density at radius 3 is 3.00 bits per heavy atom. The molecule has 5 heteroatoms. The van der Waals surface area contributed by atoms with Gasteiger partial charge in [-0.2, -0.15) is 0 Å². The Morgan fingerprint density at radius 1 is 1.44 bits per heavy atom. The number of ether oxygens (including phenoxy) is 1. The number of para-hydroxylation sites is 1. The first kappa shape index (κ1) is 10.5. The number of amides is 1. The first-order chi connectivity index (χ1) is 7.66. The fraction of sp³-hybridized carbons (Fsp3) is 0.273. The molecule has 1 amide bonds. The molecule has 5 nitrogen and oxygen atoms in total. The topological polar surface area (TPSA) is 75.6 Å². The zero-order valence-corrected chi connectivity index (χ0v) is 8.53. The highest BCUT2D eigenvalue weighted by molar-refractivity contribution is 5.95. The summed E-state index contributed by atoms with van der Waals surface area (Å²) in [6, 6.07) is 5.32. The number of aliphatic carboxylic acids is 1. The van der Waals surface area contributed by atoms with Gasteiger partial charge in [-0.25, -0.2) is 4.79 Å². The molecule has 0 saturated heterocycles. The van der Waals surface area contributed by atoms with E-state index in [1.165, 1.54) is 0 Å². The molecule has 0 aromatic heterocycles. The van der Waals surface area contributed by atoms with Gasteiger partial charge in [0.2, 0.25) is 5.91 Å². The molecule has 1 aromatic rings. The van der Waals surface area contributed by atoms with Gasteiger partial charge in [-0.3, -0.25) is 4.79 Å². The molecule has 1 aliphatic rings. The van der Waals surface area contributed by atoms with E-state index in [2.05, 4.69) is 5.32 Å². The fourth-order valence-electron chi connectivity index (χ4n) is 1.64. The number of hydrogen-bond acceptors (Lipinski definition) is 3. The van der Waals surface area contributed by atoms with Crippen LogP contribution in [0.3, 0.4) is 0 Å². The van der Waals surface area contributed by atoms with Crippen molar-refractivity contribution in [3.05, 3.63) is 23.8 Å². The standard InChI is InChI=1S/C11H11NO4/c13-9-5-4-7-2-1-3-8(11(7)12-9)16-6-10(14)15/h1-3H,4-6H2,(H,12,13)(H,14,15). The van der Waals surface area contributed by atoms with Crippen LogP contribution in [0.25, 0.3) is 0 Å². The van der Waals surface area contributed by atoms with Crippen LogP contribution in [0.4, 0.5) is 5.69 Å². The van der Waals surface area contributed by atoms with Crippen LogP contribution < -0.4 is 10.1 Å². The molecule has 0 fully saturated rings. The molecule has 1 aliphatic heterocycles. The molecule has 1 aromatic carbocycles. The van der Waals surface area contributed by atoms with Gasteiger partial charge in [0.15, 0.2) is 6.61 Å². The molecule has 16 heavy (non-hydrogen) atoms. The van der Waals surface area contributed by atoms with Gasteiger partial charge in [-0.15, -0.1) is 0 Å². The fourth-order valence-corrected chi connectivity index (χ4v) is 1.64. The summed E-state index contributed by atoms with van der Waals surface area (Å²) in [5.74, 6) is -0.702. The largest absolute Gasteiger partial charge is 0.480 e. The van der Waals surface area contributed by atoms with Crippen molar-refractivity contribution in [3.63, 3.8) is 0 Å². The maximum absolute atomic E-state index is 11.2. The molecule has 2 N–H and O–H groups in total. The van der Waals surface area contributed by atoms with E-state index in [-0.39, 0.29) is 5.91 Å². The van der Waals surface area contributed by atoms with Crippen molar-refractivity contribution >= 4 is 17.6 Å². The van der Waals surface area contributed by atoms with Crippen LogP contribution in [0.1, 0.15) is 12.0 Å². The number of carboxylic acids is 1. The lowest BCUT2D eigenvalue weighted by Crippen LogP contribution is -2.20. The summed E-state index contributed by atoms with van der Waals surface area (Å²) < 4.78 is 5.10. The Hall–Kier alpha value is -2.04. The van der Waals surface area contributed by atoms with Crippen molar-refractivity contribution in [2.45, 2.75) is 12.8 Å². The van der Waals surface area contributed by atoms with Crippen LogP contribution in [0, 0.1) is 0 Å². The van der Waals surface area contributed by atoms with Crippen molar-refractivity contribution in [2.24, 2.45) is 0 Å². The number of rotatable bonds is 3. The Kier molecular flexibility index (Phi) is 2.76. The number of fused-ring (bicyclic) bond motifs is 1. The smallest absolute Gasteiger partial charge is 0.341 e. The number of carboxylic acid groups (broad SMARTS) is 1. The van der Waals surface area contributed by atoms with Crippen molar-refractivity contribution < 1.29 is 19.4 Å². The average Bonchev–Trinajstić information content (AvgIpc) is 2.26. The lowest BCUT2D eigenvalue weighted by molar-refractivity contribution is -0.139. The molecular formula is C11H11NO4. The molecule has 0 spiro atoms. The molecule has 0 aliphatic carbocycles. The summed E-state index contributed by atoms with van der Waals surface area (Å²) in [4.78, 5) is 21.6. The second-order valence-corrected chi connectivity index (χ2v) is 3.52. The van der Waals surface area contributed by atoms with Crippen molar-refractivity contribution in [2.75, 3.05) is 11.9 Å². The summed E-state index contributed by atoms with van der Waals surface area (Å²) >= 11 is 0. The normalized spacial score (nSPS) is 13.9. The first-order valence-electron chi connectivity index (χ1n) is 4.93. The van der Waals surface area contributed by atoms with Crippen LogP contribution >= 0.6 is 0 Å². The van der Waals surface area contributed by atoms with E-state index in [9.17, 15) is 9.59 Å². The lowest BCUT2D eigenvalue weighted by Gasteiger charge is -2.19. The molecule has 0 bridgehead atoms. The number of carbonyl (C=O) groups excluding carboxylic acids is 1. The van der Waals surface area contributed by atoms with Crippen molar-refractivity contribution in [1.29, 1.82) is 0 Å². The third-order valence-corrected chi connectivity index (χ3v) is 2.35. The van der Waals surface area contributed by atoms with E-state index >= 15 is 0 Å². The van der Waals surface area contributed by atoms with Crippen LogP contribution in [-0.4, -0.2) is 23.6 Å². The van der Waals surface area contributed by atoms with Gasteiger partial charge in [0.05, 0.1) is 5.69 Å². The minimum Gasteiger partial charge on any atom is -0.480 e. The number of carbonyl (C=O) groups is 2. The molecule has 0 atom stereocenters. The maximum Gasteiger partial charge on any atom is 0.341 e. The Balaban J connectivity index is 2.24. The van der Waals surface area contributed by atoms with Gasteiger partial charge >= 0.3 is 5.97 Å². The Bertz CT molecular complexity index is 442. The average molecular weight is 221 g/mol. The Morgan fingerprint density at radius 2 is 2.25 bits per heavy atom. The van der Waals surface area contributed by atoms with Gasteiger partial charge in [-0.1, -0.05) is 12.1 Å². The summed E-state index contributed by atoms with van der Waals surface area (Å²) in [5, 5.41) is 11.2. The number of aryl methyl sites for hydroxylation is 1. The van der Waals surface area contributed by atoms with Crippen LogP contribution in [-0.2, 0) is 16.0 Å². The zero-order valence-electron chi connectivity index (χ0n) is 8.53. The van der Waals surface area contributed by atoms with Crippen LogP contribution in [0.5, 0.6) is 5.75 Å². The second-order valence-electron chi connectivity index (χ2n) is 3.52. The molecular weight excluding hydrogens is 210 g/mol. The predicted octanol–water partition coefficient (Wildman–Crippen LogP) is 1.03. The second kappa shape index (κ2) is 4.22. The summed E-state index contributed by atoms with van der Waals surface area (Å²) in [7, 11) is 0. The molecule has 2 rings (SSSR count). The summed E-state index contributed by atoms with van der Waals surface area (Å²) in [6.07, 6.45) is 1.11. The SMILES string of the molecule is O=C(O)COc1cccc2c1NC(=O)CC2. The van der Waals surface area contributed by atoms with Crippen LogP contribution in [0.2, 0.25) is 0 Å². The number of nitrogens with one attached hydrogen (secondary N) is 1. The highest BCUT2D eigenvalue weighted by Crippen LogP contribution is 2.32. The van der Waals surface area contributed by atoms with Gasteiger partial charge in [-0.05, 0) is 18.1 Å². The summed E-state index contributed by atoms with van der Waals surface area (Å²) in [6.45, 7) is -0.410. The van der Waals surface area contributed by atoms with Gasteiger partial charge < -0.3 is 15.2 Å². The van der Waals surface area contributed by atoms with E-state index in [1.807, 2.05) is 6.07 Å². The number of hydrogen-bond donors (Lipinski definition) is 2. The lowest BCUT2D eigenvalue weighted by atomic mass is 10.0. The highest BCUT2D eigenvalue weighted by atomic mass is 16.5. The maximum atomic E-state index is 11.2. The molecule has 0 saturated carbocycles. The first-order valence-corrected chi connectivity index (χ1v) is 4.93. The zero-order chi connectivity index (χ0) is 11.5. The van der Waals surface area contributed by atoms with Crippen molar-refractivity contribution in [1.82, 2.24) is 0 Å². The minimum atomic E-state index is -1.04. The number of benzene rings is 1. The monoisotopic (exact) mass is 221 g/mol. The Labute approximate surface area is 92.0 Å². The van der Waals surface area contributed by atoms with E-state index in [1.54, 1.807) is 12.1 Å². The van der Waals surface area contributed by atoms with Gasteiger partial charge in [0, 0.05) is 6.42 Å². The van der Waals surface area contributed by atoms with E-state index in [4.69, 9.17) is 9.84 Å². The highest BCUT2D eigenvalue weighted by Gasteiger charge is 2.18. The molecule has 1 heterocycles. The molecule has 0 unspecified atom stereocenters. The van der Waals surface area contributed by atoms with E-state index < -0.39 is 12.6 Å². The predicted molar refractivity (Wildman–Crippen MR) is 56.5 cm³/mol. The third-order valence-electron chi connectivity index (χ3n) is 2.35. The minimum absolute atomic E-state index is 0.0705. The molecule has 84 valence electrons. The van der Waals surface area contributed by atoms with Crippen molar-refractivity contribution in [3.8, 4) is 5.75 Å².